The van der Waals surface area contributed by atoms with Gasteiger partial charge in [0, 0.05) is 24.5 Å². The lowest BCUT2D eigenvalue weighted by molar-refractivity contribution is 0.0897. The highest BCUT2D eigenvalue weighted by molar-refractivity contribution is 5.97. The van der Waals surface area contributed by atoms with Crippen molar-refractivity contribution >= 4 is 11.7 Å². The van der Waals surface area contributed by atoms with Crippen LogP contribution < -0.4 is 15.0 Å². The molecule has 8 heteroatoms. The van der Waals surface area contributed by atoms with E-state index >= 15 is 0 Å². The first-order chi connectivity index (χ1) is 14.3. The predicted molar refractivity (Wildman–Crippen MR) is 112 cm³/mol. The molecule has 2 aromatic rings. The second-order valence-corrected chi connectivity index (χ2v) is 8.74. The highest BCUT2D eigenvalue weighted by Crippen LogP contribution is 2.44. The molecule has 0 unspecified atom stereocenters. The summed E-state index contributed by atoms with van der Waals surface area (Å²) in [6.45, 7) is 7.79. The highest BCUT2D eigenvalue weighted by Gasteiger charge is 2.45. The van der Waals surface area contributed by atoms with Crippen LogP contribution >= 0.6 is 0 Å². The standard InChI is InChI=1S/C22H28FN5O2/c1-15(2)26-21(29)17-10-16(23)4-5-18(17)30-19-11-24-14-25-20(19)28-12-22(13-28)6-8-27(3)9-7-22/h4-5,10-11,14-15H,6-9,12-13H2,1-3H3,(H,26,29). The average Bonchev–Trinajstić information content (AvgIpc) is 2.68. The fourth-order valence-corrected chi connectivity index (χ4v) is 4.17. The van der Waals surface area contributed by atoms with Gasteiger partial charge in [0.15, 0.2) is 11.6 Å². The molecule has 1 N–H and O–H groups in total. The third-order valence-electron chi connectivity index (χ3n) is 5.88. The topological polar surface area (TPSA) is 70.6 Å². The van der Waals surface area contributed by atoms with Crippen LogP contribution in [0.5, 0.6) is 11.5 Å². The molecule has 0 radical (unpaired) electrons. The summed E-state index contributed by atoms with van der Waals surface area (Å²) < 4.78 is 19.9. The lowest BCUT2D eigenvalue weighted by Gasteiger charge is -2.54. The number of piperidine rings is 1. The smallest absolute Gasteiger partial charge is 0.255 e. The summed E-state index contributed by atoms with van der Waals surface area (Å²) in [6, 6.07) is 3.86. The van der Waals surface area contributed by atoms with E-state index in [2.05, 4.69) is 32.1 Å². The Bertz CT molecular complexity index is 919. The third kappa shape index (κ3) is 4.23. The molecule has 2 aliphatic heterocycles. The Morgan fingerprint density at radius 1 is 1.23 bits per heavy atom. The van der Waals surface area contributed by atoms with Gasteiger partial charge < -0.3 is 19.9 Å². The molecule has 160 valence electrons. The summed E-state index contributed by atoms with van der Waals surface area (Å²) in [5.41, 5.74) is 0.487. The number of aromatic nitrogens is 2. The van der Waals surface area contributed by atoms with E-state index in [0.717, 1.165) is 26.2 Å². The minimum absolute atomic E-state index is 0.0731. The molecule has 3 heterocycles. The Labute approximate surface area is 176 Å². The van der Waals surface area contributed by atoms with E-state index in [-0.39, 0.29) is 23.3 Å². The fourth-order valence-electron chi connectivity index (χ4n) is 4.17. The van der Waals surface area contributed by atoms with Crippen LogP contribution in [0.2, 0.25) is 0 Å². The molecule has 0 bridgehead atoms. The number of nitrogens with zero attached hydrogens (tertiary/aromatic N) is 4. The summed E-state index contributed by atoms with van der Waals surface area (Å²) in [7, 11) is 2.16. The first kappa shape index (κ1) is 20.5. The van der Waals surface area contributed by atoms with E-state index in [1.165, 1.54) is 37.4 Å². The molecule has 30 heavy (non-hydrogen) atoms. The van der Waals surface area contributed by atoms with E-state index in [9.17, 15) is 9.18 Å². The zero-order chi connectivity index (χ0) is 21.3. The van der Waals surface area contributed by atoms with Crippen molar-refractivity contribution in [1.82, 2.24) is 20.2 Å². The van der Waals surface area contributed by atoms with E-state index in [0.29, 0.717) is 17.0 Å². The average molecular weight is 413 g/mol. The number of carbonyl (C=O) groups excluding carboxylic acids is 1. The van der Waals surface area contributed by atoms with Gasteiger partial charge in [-0.05, 0) is 65.0 Å². The number of anilines is 1. The van der Waals surface area contributed by atoms with Gasteiger partial charge in [-0.1, -0.05) is 0 Å². The van der Waals surface area contributed by atoms with E-state index in [1.807, 2.05) is 13.8 Å². The molecule has 0 saturated carbocycles. The molecule has 1 aromatic carbocycles. The SMILES string of the molecule is CC(C)NC(=O)c1cc(F)ccc1Oc1cncnc1N1CC2(CCN(C)CC2)C1. The van der Waals surface area contributed by atoms with Crippen molar-refractivity contribution in [3.63, 3.8) is 0 Å². The Balaban J connectivity index is 1.54. The number of nitrogens with one attached hydrogen (secondary N) is 1. The summed E-state index contributed by atoms with van der Waals surface area (Å²) >= 11 is 0. The summed E-state index contributed by atoms with van der Waals surface area (Å²) in [5.74, 6) is 0.569. The van der Waals surface area contributed by atoms with Crippen LogP contribution in [0.25, 0.3) is 0 Å². The van der Waals surface area contributed by atoms with Gasteiger partial charge in [0.2, 0.25) is 0 Å². The number of halogens is 1. The van der Waals surface area contributed by atoms with Crippen molar-refractivity contribution in [3.8, 4) is 11.5 Å². The molecule has 2 fully saturated rings. The monoisotopic (exact) mass is 413 g/mol. The zero-order valence-corrected chi connectivity index (χ0v) is 17.7. The number of ether oxygens (including phenoxy) is 1. The van der Waals surface area contributed by atoms with E-state index in [4.69, 9.17) is 4.74 Å². The number of amides is 1. The number of carbonyl (C=O) groups is 1. The van der Waals surface area contributed by atoms with Gasteiger partial charge in [0.1, 0.15) is 17.9 Å². The number of hydrogen-bond acceptors (Lipinski definition) is 6. The van der Waals surface area contributed by atoms with Gasteiger partial charge >= 0.3 is 0 Å². The molecule has 1 aromatic heterocycles. The van der Waals surface area contributed by atoms with Gasteiger partial charge in [-0.3, -0.25) is 4.79 Å². The second-order valence-electron chi connectivity index (χ2n) is 8.74. The van der Waals surface area contributed by atoms with Crippen LogP contribution in [0, 0.1) is 11.2 Å². The van der Waals surface area contributed by atoms with Gasteiger partial charge in [-0.15, -0.1) is 0 Å². The Hall–Kier alpha value is -2.74. The second kappa shape index (κ2) is 8.18. The van der Waals surface area contributed by atoms with Crippen molar-refractivity contribution in [2.24, 2.45) is 5.41 Å². The normalized spacial score (nSPS) is 18.4. The number of hydrogen-bond donors (Lipinski definition) is 1. The Morgan fingerprint density at radius 2 is 1.97 bits per heavy atom. The minimum Gasteiger partial charge on any atom is -0.451 e. The van der Waals surface area contributed by atoms with Crippen LogP contribution in [0.15, 0.2) is 30.7 Å². The fraction of sp³-hybridized carbons (Fsp3) is 0.500. The molecular weight excluding hydrogens is 385 g/mol. The molecule has 0 aliphatic carbocycles. The number of likely N-dealkylation sites (tertiary alicyclic amines) is 1. The maximum Gasteiger partial charge on any atom is 0.255 e. The number of rotatable bonds is 5. The molecule has 4 rings (SSSR count). The maximum absolute atomic E-state index is 13.8. The largest absolute Gasteiger partial charge is 0.451 e. The molecule has 7 nitrogen and oxygen atoms in total. The van der Waals surface area contributed by atoms with Crippen LogP contribution in [0.3, 0.4) is 0 Å². The summed E-state index contributed by atoms with van der Waals surface area (Å²) in [4.78, 5) is 25.6. The first-order valence-electron chi connectivity index (χ1n) is 10.4. The molecule has 1 spiro atoms. The molecule has 1 amide bonds. The molecule has 2 aliphatic rings. The van der Waals surface area contributed by atoms with Crippen molar-refractivity contribution < 1.29 is 13.9 Å². The van der Waals surface area contributed by atoms with Crippen LogP contribution in [-0.2, 0) is 0 Å². The maximum atomic E-state index is 13.8. The zero-order valence-electron chi connectivity index (χ0n) is 17.7. The van der Waals surface area contributed by atoms with Gasteiger partial charge in [0.25, 0.3) is 5.91 Å². The number of benzene rings is 1. The summed E-state index contributed by atoms with van der Waals surface area (Å²) in [5, 5.41) is 2.78. The lowest BCUT2D eigenvalue weighted by Crippen LogP contribution is -2.60. The third-order valence-corrected chi connectivity index (χ3v) is 5.88. The van der Waals surface area contributed by atoms with Crippen LogP contribution in [0.4, 0.5) is 10.2 Å². The van der Waals surface area contributed by atoms with E-state index in [1.54, 1.807) is 6.20 Å². The quantitative estimate of drug-likeness (QED) is 0.812. The Morgan fingerprint density at radius 3 is 2.67 bits per heavy atom. The Kier molecular flexibility index (Phi) is 5.60. The van der Waals surface area contributed by atoms with Crippen molar-refractivity contribution in [3.05, 3.63) is 42.1 Å². The van der Waals surface area contributed by atoms with Crippen molar-refractivity contribution in [2.45, 2.75) is 32.7 Å². The molecule has 2 saturated heterocycles. The van der Waals surface area contributed by atoms with E-state index < -0.39 is 5.82 Å². The minimum atomic E-state index is -0.493. The lowest BCUT2D eigenvalue weighted by atomic mass is 9.72. The molecular formula is C22H28FN5O2. The highest BCUT2D eigenvalue weighted by atomic mass is 19.1. The van der Waals surface area contributed by atoms with Crippen LogP contribution in [-0.4, -0.2) is 60.0 Å². The predicted octanol–water partition coefficient (Wildman–Crippen LogP) is 3.08. The van der Waals surface area contributed by atoms with Gasteiger partial charge in [-0.2, -0.15) is 0 Å². The van der Waals surface area contributed by atoms with Gasteiger partial charge in [-0.25, -0.2) is 14.4 Å². The first-order valence-corrected chi connectivity index (χ1v) is 10.4. The summed E-state index contributed by atoms with van der Waals surface area (Å²) in [6.07, 6.45) is 5.45. The van der Waals surface area contributed by atoms with Crippen LogP contribution in [0.1, 0.15) is 37.0 Å². The van der Waals surface area contributed by atoms with Crippen molar-refractivity contribution in [2.75, 3.05) is 38.1 Å². The van der Waals surface area contributed by atoms with Crippen molar-refractivity contribution in [1.29, 1.82) is 0 Å². The molecule has 0 atom stereocenters. The van der Waals surface area contributed by atoms with Gasteiger partial charge in [0.05, 0.1) is 11.8 Å².